The first-order valence-corrected chi connectivity index (χ1v) is 5.82. The summed E-state index contributed by atoms with van der Waals surface area (Å²) in [5, 5.41) is 12.0. The van der Waals surface area contributed by atoms with Crippen molar-refractivity contribution >= 4 is 5.91 Å². The third-order valence-corrected chi connectivity index (χ3v) is 3.73. The maximum absolute atomic E-state index is 12.2. The van der Waals surface area contributed by atoms with Crippen LogP contribution in [0.2, 0.25) is 0 Å². The molecule has 0 atom stereocenters. The van der Waals surface area contributed by atoms with E-state index in [1.54, 1.807) is 6.07 Å². The molecule has 1 N–H and O–H groups in total. The number of aromatic nitrogens is 1. The number of nitrogens with one attached hydrogen (secondary N) is 1. The predicted octanol–water partition coefficient (Wildman–Crippen LogP) is 0.586. The number of ether oxygens (including phenoxy) is 1. The third kappa shape index (κ3) is 1.24. The van der Waals surface area contributed by atoms with Gasteiger partial charge < -0.3 is 10.1 Å². The molecular formula is C13H13N3O2. The number of nitrogens with zero attached hydrogens (tertiary/aromatic N) is 2. The van der Waals surface area contributed by atoms with E-state index >= 15 is 0 Å². The van der Waals surface area contributed by atoms with Crippen LogP contribution in [0.25, 0.3) is 0 Å². The molecule has 1 aromatic rings. The molecule has 2 aliphatic heterocycles. The molecule has 0 bridgehead atoms. The van der Waals surface area contributed by atoms with Crippen molar-refractivity contribution in [2.24, 2.45) is 0 Å². The summed E-state index contributed by atoms with van der Waals surface area (Å²) < 4.78 is 5.24. The zero-order chi connectivity index (χ0) is 13.0. The predicted molar refractivity (Wildman–Crippen MR) is 62.6 cm³/mol. The van der Waals surface area contributed by atoms with E-state index in [0.717, 1.165) is 5.56 Å². The van der Waals surface area contributed by atoms with Gasteiger partial charge in [-0.05, 0) is 19.9 Å². The first-order chi connectivity index (χ1) is 8.49. The third-order valence-electron chi connectivity index (χ3n) is 3.73. The van der Waals surface area contributed by atoms with Crippen LogP contribution in [0.3, 0.4) is 0 Å². The van der Waals surface area contributed by atoms with Crippen molar-refractivity contribution in [3.05, 3.63) is 29.1 Å². The van der Waals surface area contributed by atoms with Crippen molar-refractivity contribution in [3.63, 3.8) is 0 Å². The number of carbonyl (C=O) groups excluding carboxylic acids is 1. The molecule has 1 aromatic heterocycles. The molecule has 92 valence electrons. The average Bonchev–Trinajstić information content (AvgIpc) is 2.31. The molecule has 0 saturated carbocycles. The summed E-state index contributed by atoms with van der Waals surface area (Å²) in [6, 6.07) is 5.59. The first kappa shape index (κ1) is 11.2. The molecule has 5 heteroatoms. The van der Waals surface area contributed by atoms with E-state index < -0.39 is 11.0 Å². The minimum absolute atomic E-state index is 0.0686. The Labute approximate surface area is 105 Å². The molecule has 18 heavy (non-hydrogen) atoms. The minimum Gasteiger partial charge on any atom is -0.376 e. The minimum atomic E-state index is -0.719. The molecule has 1 spiro atoms. The topological polar surface area (TPSA) is 75.0 Å². The summed E-state index contributed by atoms with van der Waals surface area (Å²) in [6.07, 6.45) is 0. The molecule has 1 amide bonds. The smallest absolute Gasteiger partial charge is 0.232 e. The van der Waals surface area contributed by atoms with E-state index in [1.165, 1.54) is 0 Å². The van der Waals surface area contributed by atoms with E-state index in [9.17, 15) is 4.79 Å². The summed E-state index contributed by atoms with van der Waals surface area (Å²) in [5.74, 6) is -0.0686. The zero-order valence-corrected chi connectivity index (χ0v) is 10.3. The SMILES string of the molecule is CC1(C)C(=O)NC2(COC2)c2ccc(C#N)nc21. The number of pyridine rings is 1. The van der Waals surface area contributed by atoms with Crippen LogP contribution >= 0.6 is 0 Å². The lowest BCUT2D eigenvalue weighted by atomic mass is 9.73. The van der Waals surface area contributed by atoms with Gasteiger partial charge in [0.1, 0.15) is 17.3 Å². The Balaban J connectivity index is 2.24. The van der Waals surface area contributed by atoms with E-state index in [-0.39, 0.29) is 5.91 Å². The molecule has 0 unspecified atom stereocenters. The van der Waals surface area contributed by atoms with Crippen molar-refractivity contribution in [1.29, 1.82) is 5.26 Å². The largest absolute Gasteiger partial charge is 0.376 e. The summed E-state index contributed by atoms with van der Waals surface area (Å²) in [7, 11) is 0. The fraction of sp³-hybridized carbons (Fsp3) is 0.462. The quantitative estimate of drug-likeness (QED) is 0.723. The monoisotopic (exact) mass is 243 g/mol. The summed E-state index contributed by atoms with van der Waals surface area (Å²) in [4.78, 5) is 16.5. The second-order valence-electron chi connectivity index (χ2n) is 5.36. The lowest BCUT2D eigenvalue weighted by Crippen LogP contribution is -2.66. The van der Waals surface area contributed by atoms with Crippen LogP contribution in [-0.2, 0) is 20.5 Å². The number of hydrogen-bond acceptors (Lipinski definition) is 4. The Morgan fingerprint density at radius 1 is 1.44 bits per heavy atom. The van der Waals surface area contributed by atoms with Crippen LogP contribution in [0.5, 0.6) is 0 Å². The summed E-state index contributed by atoms with van der Waals surface area (Å²) in [6.45, 7) is 4.58. The Morgan fingerprint density at radius 3 is 2.72 bits per heavy atom. The van der Waals surface area contributed by atoms with E-state index in [4.69, 9.17) is 10.00 Å². The van der Waals surface area contributed by atoms with Gasteiger partial charge in [-0.3, -0.25) is 4.79 Å². The second kappa shape index (κ2) is 3.30. The Hall–Kier alpha value is -1.93. The van der Waals surface area contributed by atoms with Crippen LogP contribution in [-0.4, -0.2) is 24.1 Å². The molecule has 0 radical (unpaired) electrons. The molecule has 0 aliphatic carbocycles. The van der Waals surface area contributed by atoms with E-state index in [2.05, 4.69) is 10.3 Å². The van der Waals surface area contributed by atoms with Crippen molar-refractivity contribution in [1.82, 2.24) is 10.3 Å². The van der Waals surface area contributed by atoms with Gasteiger partial charge in [0.05, 0.1) is 24.3 Å². The molecule has 5 nitrogen and oxygen atoms in total. The van der Waals surface area contributed by atoms with Crippen molar-refractivity contribution in [2.75, 3.05) is 13.2 Å². The molecule has 3 heterocycles. The van der Waals surface area contributed by atoms with Crippen molar-refractivity contribution < 1.29 is 9.53 Å². The summed E-state index contributed by atoms with van der Waals surface area (Å²) >= 11 is 0. The maximum atomic E-state index is 12.2. The van der Waals surface area contributed by atoms with Gasteiger partial charge >= 0.3 is 0 Å². The molecule has 0 aromatic carbocycles. The first-order valence-electron chi connectivity index (χ1n) is 5.82. The van der Waals surface area contributed by atoms with E-state index in [1.807, 2.05) is 26.0 Å². The fourth-order valence-electron chi connectivity index (χ4n) is 2.47. The Morgan fingerprint density at radius 2 is 2.17 bits per heavy atom. The molecular weight excluding hydrogens is 230 g/mol. The lowest BCUT2D eigenvalue weighted by molar-refractivity contribution is -0.141. The second-order valence-corrected chi connectivity index (χ2v) is 5.36. The van der Waals surface area contributed by atoms with Crippen LogP contribution in [0, 0.1) is 11.3 Å². The van der Waals surface area contributed by atoms with Crippen molar-refractivity contribution in [2.45, 2.75) is 24.8 Å². The number of nitriles is 1. The highest BCUT2D eigenvalue weighted by atomic mass is 16.5. The number of amides is 1. The van der Waals surface area contributed by atoms with Gasteiger partial charge in [-0.25, -0.2) is 4.98 Å². The van der Waals surface area contributed by atoms with Crippen LogP contribution in [0.1, 0.15) is 30.8 Å². The standard InChI is InChI=1S/C13H13N3O2/c1-12(2)10-9(4-3-8(5-14)15-10)13(6-18-7-13)16-11(12)17/h3-4H,6-7H2,1-2H3,(H,16,17). The van der Waals surface area contributed by atoms with Gasteiger partial charge in [0.25, 0.3) is 0 Å². The van der Waals surface area contributed by atoms with Crippen LogP contribution in [0.4, 0.5) is 0 Å². The molecule has 1 fully saturated rings. The van der Waals surface area contributed by atoms with Gasteiger partial charge in [0.2, 0.25) is 5.91 Å². The fourth-order valence-corrected chi connectivity index (χ4v) is 2.47. The Bertz CT molecular complexity index is 582. The van der Waals surface area contributed by atoms with Gasteiger partial charge in [-0.15, -0.1) is 0 Å². The Kier molecular flexibility index (Phi) is 2.05. The highest BCUT2D eigenvalue weighted by Gasteiger charge is 2.52. The van der Waals surface area contributed by atoms with Gasteiger partial charge in [0.15, 0.2) is 0 Å². The lowest BCUT2D eigenvalue weighted by Gasteiger charge is -2.49. The normalized spacial score (nSPS) is 22.6. The molecule has 1 saturated heterocycles. The van der Waals surface area contributed by atoms with E-state index in [0.29, 0.717) is 24.6 Å². The van der Waals surface area contributed by atoms with Gasteiger partial charge in [0, 0.05) is 5.56 Å². The highest BCUT2D eigenvalue weighted by molar-refractivity contribution is 5.90. The maximum Gasteiger partial charge on any atom is 0.232 e. The molecule has 3 rings (SSSR count). The van der Waals surface area contributed by atoms with Crippen LogP contribution in [0.15, 0.2) is 12.1 Å². The van der Waals surface area contributed by atoms with Gasteiger partial charge in [-0.1, -0.05) is 6.07 Å². The number of hydrogen-bond donors (Lipinski definition) is 1. The molecule has 2 aliphatic rings. The zero-order valence-electron chi connectivity index (χ0n) is 10.3. The van der Waals surface area contributed by atoms with Gasteiger partial charge in [-0.2, -0.15) is 5.26 Å². The highest BCUT2D eigenvalue weighted by Crippen LogP contribution is 2.41. The van der Waals surface area contributed by atoms with Crippen LogP contribution < -0.4 is 5.32 Å². The number of fused-ring (bicyclic) bond motifs is 2. The average molecular weight is 243 g/mol. The summed E-state index contributed by atoms with van der Waals surface area (Å²) in [5.41, 5.74) is 0.837. The van der Waals surface area contributed by atoms with Crippen molar-refractivity contribution in [3.8, 4) is 6.07 Å². The number of rotatable bonds is 0. The number of carbonyl (C=O) groups is 1.